The molecule has 0 spiro atoms. The molecule has 0 aliphatic heterocycles. The van der Waals surface area contributed by atoms with Gasteiger partial charge in [-0.2, -0.15) is 5.26 Å². The summed E-state index contributed by atoms with van der Waals surface area (Å²) in [6.07, 6.45) is -0.198. The van der Waals surface area contributed by atoms with E-state index in [0.29, 0.717) is 22.7 Å². The molecule has 7 nitrogen and oxygen atoms in total. The van der Waals surface area contributed by atoms with Gasteiger partial charge in [-0.25, -0.2) is 8.42 Å². The van der Waals surface area contributed by atoms with E-state index in [2.05, 4.69) is 5.32 Å². The molecule has 0 heterocycles. The number of hydrogen-bond donors (Lipinski definition) is 1. The molecule has 0 fully saturated rings. The number of sulfone groups is 1. The van der Waals surface area contributed by atoms with Crippen LogP contribution in [0.4, 0.5) is 5.69 Å². The number of amides is 1. The highest BCUT2D eigenvalue weighted by Crippen LogP contribution is 2.29. The number of benzene rings is 2. The number of nitrogens with zero attached hydrogens (tertiary/aromatic N) is 1. The molecule has 8 heteroatoms. The standard InChI is InChI=1S/C18H18N2O5S/c1-24-16-8-7-15(11-17(16)25-2)26(22,23)10-9-18(21)20-14-5-3-13(12-19)4-6-14/h3-8,11H,9-10H2,1-2H3,(H,20,21). The molecule has 136 valence electrons. The van der Waals surface area contributed by atoms with E-state index in [1.807, 2.05) is 6.07 Å². The maximum atomic E-state index is 12.4. The number of nitriles is 1. The summed E-state index contributed by atoms with van der Waals surface area (Å²) in [5, 5.41) is 11.3. The highest BCUT2D eigenvalue weighted by Gasteiger charge is 2.19. The number of nitrogens with one attached hydrogen (secondary N) is 1. The normalized spacial score (nSPS) is 10.7. The second-order valence-electron chi connectivity index (χ2n) is 5.32. The smallest absolute Gasteiger partial charge is 0.225 e. The van der Waals surface area contributed by atoms with Crippen LogP contribution in [0.15, 0.2) is 47.4 Å². The van der Waals surface area contributed by atoms with Gasteiger partial charge in [-0.3, -0.25) is 4.79 Å². The van der Waals surface area contributed by atoms with Gasteiger partial charge in [-0.15, -0.1) is 0 Å². The van der Waals surface area contributed by atoms with Crippen molar-refractivity contribution in [3.05, 3.63) is 48.0 Å². The summed E-state index contributed by atoms with van der Waals surface area (Å²) in [7, 11) is -0.782. The molecule has 0 unspecified atom stereocenters. The largest absolute Gasteiger partial charge is 0.493 e. The third kappa shape index (κ3) is 4.74. The van der Waals surface area contributed by atoms with Crippen LogP contribution in [0.25, 0.3) is 0 Å². The lowest BCUT2D eigenvalue weighted by Crippen LogP contribution is -2.17. The molecule has 0 radical (unpaired) electrons. The van der Waals surface area contributed by atoms with Gasteiger partial charge in [0.05, 0.1) is 36.5 Å². The van der Waals surface area contributed by atoms with Crippen LogP contribution in [0.1, 0.15) is 12.0 Å². The first-order valence-electron chi connectivity index (χ1n) is 7.64. The van der Waals surface area contributed by atoms with E-state index in [4.69, 9.17) is 14.7 Å². The number of carbonyl (C=O) groups is 1. The summed E-state index contributed by atoms with van der Waals surface area (Å²) < 4.78 is 35.0. The van der Waals surface area contributed by atoms with Crippen molar-refractivity contribution < 1.29 is 22.7 Å². The van der Waals surface area contributed by atoms with E-state index in [0.717, 1.165) is 0 Å². The topological polar surface area (TPSA) is 105 Å². The number of anilines is 1. The Morgan fingerprint density at radius 3 is 2.31 bits per heavy atom. The molecule has 2 aromatic rings. The van der Waals surface area contributed by atoms with Gasteiger partial charge in [-0.05, 0) is 36.4 Å². The maximum absolute atomic E-state index is 12.4. The summed E-state index contributed by atoms with van der Waals surface area (Å²) in [6, 6.07) is 12.6. The minimum absolute atomic E-state index is 0.0568. The SMILES string of the molecule is COc1ccc(S(=O)(=O)CCC(=O)Nc2ccc(C#N)cc2)cc1OC. The van der Waals surface area contributed by atoms with Gasteiger partial charge in [0.25, 0.3) is 0 Å². The van der Waals surface area contributed by atoms with Crippen molar-refractivity contribution >= 4 is 21.4 Å². The van der Waals surface area contributed by atoms with Crippen LogP contribution < -0.4 is 14.8 Å². The molecule has 0 saturated carbocycles. The van der Waals surface area contributed by atoms with E-state index in [-0.39, 0.29) is 17.1 Å². The molecule has 1 amide bonds. The second-order valence-corrected chi connectivity index (χ2v) is 7.43. The Kier molecular flexibility index (Phi) is 6.20. The van der Waals surface area contributed by atoms with Crippen LogP contribution in [0.3, 0.4) is 0 Å². The lowest BCUT2D eigenvalue weighted by atomic mass is 10.2. The summed E-state index contributed by atoms with van der Waals surface area (Å²) >= 11 is 0. The van der Waals surface area contributed by atoms with Crippen molar-refractivity contribution in [3.63, 3.8) is 0 Å². The van der Waals surface area contributed by atoms with E-state index >= 15 is 0 Å². The zero-order valence-corrected chi connectivity index (χ0v) is 15.2. The Balaban J connectivity index is 2.02. The molecule has 26 heavy (non-hydrogen) atoms. The number of carbonyl (C=O) groups excluding carboxylic acids is 1. The van der Waals surface area contributed by atoms with Gasteiger partial charge in [0, 0.05) is 18.2 Å². The third-order valence-electron chi connectivity index (χ3n) is 3.61. The molecule has 0 aliphatic rings. The van der Waals surface area contributed by atoms with Crippen molar-refractivity contribution in [2.75, 3.05) is 25.3 Å². The third-order valence-corrected chi connectivity index (χ3v) is 5.32. The first kappa shape index (κ1) is 19.3. The second kappa shape index (κ2) is 8.36. The molecular weight excluding hydrogens is 356 g/mol. The molecule has 0 aliphatic carbocycles. The van der Waals surface area contributed by atoms with Gasteiger partial charge in [0.15, 0.2) is 21.3 Å². The van der Waals surface area contributed by atoms with E-state index in [9.17, 15) is 13.2 Å². The molecule has 0 saturated heterocycles. The molecule has 0 bridgehead atoms. The lowest BCUT2D eigenvalue weighted by molar-refractivity contribution is -0.115. The Morgan fingerprint density at radius 1 is 1.08 bits per heavy atom. The van der Waals surface area contributed by atoms with Gasteiger partial charge in [-0.1, -0.05) is 0 Å². The van der Waals surface area contributed by atoms with E-state index < -0.39 is 15.7 Å². The highest BCUT2D eigenvalue weighted by atomic mass is 32.2. The monoisotopic (exact) mass is 374 g/mol. The average molecular weight is 374 g/mol. The van der Waals surface area contributed by atoms with Crippen LogP contribution in [0.2, 0.25) is 0 Å². The number of rotatable bonds is 7. The Labute approximate surface area is 152 Å². The van der Waals surface area contributed by atoms with Crippen molar-refractivity contribution in [1.29, 1.82) is 5.26 Å². The summed E-state index contributed by atoms with van der Waals surface area (Å²) in [5.74, 6) is -0.0516. The minimum Gasteiger partial charge on any atom is -0.493 e. The van der Waals surface area contributed by atoms with E-state index in [1.165, 1.54) is 32.4 Å². The Bertz CT molecular complexity index is 931. The summed E-state index contributed by atoms with van der Waals surface area (Å²) in [4.78, 5) is 12.0. The molecule has 1 N–H and O–H groups in total. The maximum Gasteiger partial charge on any atom is 0.225 e. The molecule has 2 aromatic carbocycles. The van der Waals surface area contributed by atoms with Crippen LogP contribution >= 0.6 is 0 Å². The summed E-state index contributed by atoms with van der Waals surface area (Å²) in [6.45, 7) is 0. The van der Waals surface area contributed by atoms with Crippen molar-refractivity contribution in [2.45, 2.75) is 11.3 Å². The van der Waals surface area contributed by atoms with Gasteiger partial charge in [0.2, 0.25) is 5.91 Å². The van der Waals surface area contributed by atoms with Gasteiger partial charge in [0.1, 0.15) is 0 Å². The van der Waals surface area contributed by atoms with Gasteiger partial charge < -0.3 is 14.8 Å². The zero-order valence-electron chi connectivity index (χ0n) is 14.4. The van der Waals surface area contributed by atoms with Crippen molar-refractivity contribution in [3.8, 4) is 17.6 Å². The molecule has 0 aromatic heterocycles. The van der Waals surface area contributed by atoms with E-state index in [1.54, 1.807) is 24.3 Å². The Morgan fingerprint density at radius 2 is 1.73 bits per heavy atom. The number of ether oxygens (including phenoxy) is 2. The summed E-state index contributed by atoms with van der Waals surface area (Å²) in [5.41, 5.74) is 0.969. The fourth-order valence-electron chi connectivity index (χ4n) is 2.21. The quantitative estimate of drug-likeness (QED) is 0.798. The predicted molar refractivity (Wildman–Crippen MR) is 96.0 cm³/mol. The van der Waals surface area contributed by atoms with Crippen molar-refractivity contribution in [1.82, 2.24) is 0 Å². The lowest BCUT2D eigenvalue weighted by Gasteiger charge is -2.10. The van der Waals surface area contributed by atoms with Crippen LogP contribution in [-0.2, 0) is 14.6 Å². The zero-order chi connectivity index (χ0) is 19.2. The first-order chi connectivity index (χ1) is 12.4. The predicted octanol–water partition coefficient (Wildman–Crippen LogP) is 2.38. The van der Waals surface area contributed by atoms with Crippen LogP contribution in [0.5, 0.6) is 11.5 Å². The van der Waals surface area contributed by atoms with Crippen LogP contribution in [0, 0.1) is 11.3 Å². The molecule has 2 rings (SSSR count). The average Bonchev–Trinajstić information content (AvgIpc) is 2.66. The fraction of sp³-hybridized carbons (Fsp3) is 0.222. The Hall–Kier alpha value is -3.05. The number of methoxy groups -OCH3 is 2. The first-order valence-corrected chi connectivity index (χ1v) is 9.29. The van der Waals surface area contributed by atoms with Crippen molar-refractivity contribution in [2.24, 2.45) is 0 Å². The van der Waals surface area contributed by atoms with Crippen LogP contribution in [-0.4, -0.2) is 34.3 Å². The molecule has 0 atom stereocenters. The number of hydrogen-bond acceptors (Lipinski definition) is 6. The minimum atomic E-state index is -3.66. The molecular formula is C18H18N2O5S. The highest BCUT2D eigenvalue weighted by molar-refractivity contribution is 7.91. The fourth-order valence-corrected chi connectivity index (χ4v) is 3.46. The van der Waals surface area contributed by atoms with Gasteiger partial charge >= 0.3 is 0 Å².